The van der Waals surface area contributed by atoms with Crippen LogP contribution >= 0.6 is 11.3 Å². The average molecular weight is 354 g/mol. The predicted octanol–water partition coefficient (Wildman–Crippen LogP) is 0.969. The van der Waals surface area contributed by atoms with Gasteiger partial charge in [0.15, 0.2) is 5.13 Å². The first-order chi connectivity index (χ1) is 11.5. The second-order valence-electron chi connectivity index (χ2n) is 6.35. The Hall–Kier alpha value is -1.67. The number of hydrogen-bond donors (Lipinski definition) is 1. The number of nitrogens with zero attached hydrogens (tertiary/aromatic N) is 3. The number of esters is 1. The Morgan fingerprint density at radius 1 is 1.33 bits per heavy atom. The van der Waals surface area contributed by atoms with E-state index in [1.54, 1.807) is 11.3 Å². The van der Waals surface area contributed by atoms with E-state index in [0.29, 0.717) is 18.9 Å². The molecule has 1 unspecified atom stereocenters. The third-order valence-electron chi connectivity index (χ3n) is 3.96. The number of rotatable bonds is 7. The van der Waals surface area contributed by atoms with Crippen LogP contribution in [0.3, 0.4) is 0 Å². The number of nitrogens with one attached hydrogen (secondary N) is 1. The topological polar surface area (TPSA) is 74.8 Å². The van der Waals surface area contributed by atoms with E-state index < -0.39 is 6.04 Å². The second kappa shape index (κ2) is 8.98. The summed E-state index contributed by atoms with van der Waals surface area (Å²) >= 11 is 1.63. The minimum absolute atomic E-state index is 0.131. The molecule has 134 valence electrons. The van der Waals surface area contributed by atoms with Gasteiger partial charge in [0.25, 0.3) is 0 Å². The number of ether oxygens (including phenoxy) is 1. The van der Waals surface area contributed by atoms with Gasteiger partial charge in [0, 0.05) is 37.8 Å². The number of carbonyl (C=O) groups excluding carboxylic acids is 2. The smallest absolute Gasteiger partial charge is 0.328 e. The number of anilines is 1. The maximum Gasteiger partial charge on any atom is 0.328 e. The van der Waals surface area contributed by atoms with Gasteiger partial charge in [-0.3, -0.25) is 9.69 Å². The van der Waals surface area contributed by atoms with Crippen LogP contribution in [0.25, 0.3) is 0 Å². The Balaban J connectivity index is 1.78. The summed E-state index contributed by atoms with van der Waals surface area (Å²) in [6.45, 7) is 7.65. The fraction of sp³-hybridized carbons (Fsp3) is 0.688. The van der Waals surface area contributed by atoms with Crippen LogP contribution in [0.5, 0.6) is 0 Å². The lowest BCUT2D eigenvalue weighted by atomic mass is 10.0. The van der Waals surface area contributed by atoms with E-state index in [2.05, 4.69) is 20.1 Å². The molecule has 8 heteroatoms. The summed E-state index contributed by atoms with van der Waals surface area (Å²) in [7, 11) is 1.35. The van der Waals surface area contributed by atoms with Crippen molar-refractivity contribution in [1.82, 2.24) is 15.2 Å². The van der Waals surface area contributed by atoms with Crippen LogP contribution in [0.2, 0.25) is 0 Å². The first-order valence-corrected chi connectivity index (χ1v) is 9.11. The molecule has 0 spiro atoms. The van der Waals surface area contributed by atoms with Gasteiger partial charge in [-0.05, 0) is 12.3 Å². The van der Waals surface area contributed by atoms with Gasteiger partial charge in [0.2, 0.25) is 5.91 Å². The summed E-state index contributed by atoms with van der Waals surface area (Å²) in [6, 6.07) is -0.570. The van der Waals surface area contributed by atoms with Crippen molar-refractivity contribution in [1.29, 1.82) is 0 Å². The number of aromatic nitrogens is 1. The van der Waals surface area contributed by atoms with Crippen LogP contribution in [-0.2, 0) is 14.3 Å². The molecule has 24 heavy (non-hydrogen) atoms. The van der Waals surface area contributed by atoms with Gasteiger partial charge in [-0.1, -0.05) is 13.8 Å². The van der Waals surface area contributed by atoms with E-state index in [-0.39, 0.29) is 11.9 Å². The zero-order valence-corrected chi connectivity index (χ0v) is 15.3. The molecule has 0 saturated carbocycles. The normalized spacial score (nSPS) is 16.9. The number of carbonyl (C=O) groups is 2. The monoisotopic (exact) mass is 354 g/mol. The molecule has 0 aromatic carbocycles. The van der Waals surface area contributed by atoms with Crippen molar-refractivity contribution in [2.24, 2.45) is 5.92 Å². The Kier molecular flexibility index (Phi) is 6.99. The lowest BCUT2D eigenvalue weighted by Gasteiger charge is -2.34. The van der Waals surface area contributed by atoms with Gasteiger partial charge in [-0.15, -0.1) is 11.3 Å². The Morgan fingerprint density at radius 2 is 2.04 bits per heavy atom. The maximum absolute atomic E-state index is 12.2. The Morgan fingerprint density at radius 3 is 2.58 bits per heavy atom. The maximum atomic E-state index is 12.2. The van der Waals surface area contributed by atoms with Crippen molar-refractivity contribution in [2.75, 3.05) is 44.7 Å². The minimum atomic E-state index is -0.570. The fourth-order valence-corrected chi connectivity index (χ4v) is 3.44. The number of thiazole rings is 1. The first kappa shape index (κ1) is 18.7. The van der Waals surface area contributed by atoms with E-state index in [4.69, 9.17) is 4.74 Å². The molecule has 0 radical (unpaired) electrons. The molecule has 1 atom stereocenters. The van der Waals surface area contributed by atoms with Crippen molar-refractivity contribution < 1.29 is 14.3 Å². The molecule has 7 nitrogen and oxygen atoms in total. The van der Waals surface area contributed by atoms with E-state index in [1.807, 2.05) is 25.4 Å². The minimum Gasteiger partial charge on any atom is -0.467 e. The third kappa shape index (κ3) is 5.45. The number of amides is 1. The molecule has 1 fully saturated rings. The van der Waals surface area contributed by atoms with Crippen LogP contribution in [0.4, 0.5) is 5.13 Å². The fourth-order valence-electron chi connectivity index (χ4n) is 2.74. The third-order valence-corrected chi connectivity index (χ3v) is 4.79. The number of piperazine rings is 1. The van der Waals surface area contributed by atoms with Crippen molar-refractivity contribution >= 4 is 28.3 Å². The standard InChI is InChI=1S/C16H26N4O3S/c1-12(2)10-13(15(22)23-3)18-14(21)11-19-5-7-20(8-6-19)16-17-4-9-24-16/h4,9,12-13H,5-8,10-11H2,1-3H3,(H,18,21). The summed E-state index contributed by atoms with van der Waals surface area (Å²) in [5.41, 5.74) is 0. The summed E-state index contributed by atoms with van der Waals surface area (Å²) in [5.74, 6) is -0.212. The highest BCUT2D eigenvalue weighted by atomic mass is 32.1. The molecule has 0 aliphatic carbocycles. The molecule has 0 bridgehead atoms. The summed E-state index contributed by atoms with van der Waals surface area (Å²) in [5, 5.41) is 5.80. The molecule has 1 saturated heterocycles. The molecule has 1 amide bonds. The molecule has 2 rings (SSSR count). The van der Waals surface area contributed by atoms with Crippen LogP contribution in [0, 0.1) is 5.92 Å². The average Bonchev–Trinajstić information content (AvgIpc) is 3.08. The molecular formula is C16H26N4O3S. The van der Waals surface area contributed by atoms with E-state index in [9.17, 15) is 9.59 Å². The Bertz CT molecular complexity index is 527. The van der Waals surface area contributed by atoms with Crippen molar-refractivity contribution in [3.8, 4) is 0 Å². The first-order valence-electron chi connectivity index (χ1n) is 8.23. The predicted molar refractivity (Wildman–Crippen MR) is 94.2 cm³/mol. The van der Waals surface area contributed by atoms with E-state index >= 15 is 0 Å². The highest BCUT2D eigenvalue weighted by Gasteiger charge is 2.25. The molecule has 1 aliphatic heterocycles. The van der Waals surface area contributed by atoms with Gasteiger partial charge in [0.05, 0.1) is 13.7 Å². The van der Waals surface area contributed by atoms with Crippen LogP contribution in [-0.4, -0.2) is 67.6 Å². The van der Waals surface area contributed by atoms with Crippen LogP contribution in [0.15, 0.2) is 11.6 Å². The van der Waals surface area contributed by atoms with Gasteiger partial charge in [-0.2, -0.15) is 0 Å². The van der Waals surface area contributed by atoms with E-state index in [1.165, 1.54) is 7.11 Å². The number of hydrogen-bond acceptors (Lipinski definition) is 7. The second-order valence-corrected chi connectivity index (χ2v) is 7.22. The molecule has 1 N–H and O–H groups in total. The molecule has 2 heterocycles. The number of methoxy groups -OCH3 is 1. The van der Waals surface area contributed by atoms with Gasteiger partial charge in [-0.25, -0.2) is 9.78 Å². The van der Waals surface area contributed by atoms with E-state index in [0.717, 1.165) is 31.3 Å². The zero-order valence-electron chi connectivity index (χ0n) is 14.5. The molecular weight excluding hydrogens is 328 g/mol. The molecule has 1 aromatic rings. The van der Waals surface area contributed by atoms with Gasteiger partial charge in [0.1, 0.15) is 6.04 Å². The molecule has 1 aliphatic rings. The SMILES string of the molecule is COC(=O)C(CC(C)C)NC(=O)CN1CCN(c2nccs2)CC1. The summed E-state index contributed by atoms with van der Waals surface area (Å²) in [6.07, 6.45) is 2.39. The molecule has 1 aromatic heterocycles. The zero-order chi connectivity index (χ0) is 17.5. The summed E-state index contributed by atoms with van der Waals surface area (Å²) < 4.78 is 4.78. The van der Waals surface area contributed by atoms with Crippen LogP contribution in [0.1, 0.15) is 20.3 Å². The summed E-state index contributed by atoms with van der Waals surface area (Å²) in [4.78, 5) is 32.7. The van der Waals surface area contributed by atoms with Crippen molar-refractivity contribution in [3.05, 3.63) is 11.6 Å². The lowest BCUT2D eigenvalue weighted by Crippen LogP contribution is -2.51. The highest BCUT2D eigenvalue weighted by Crippen LogP contribution is 2.18. The lowest BCUT2D eigenvalue weighted by molar-refractivity contribution is -0.145. The Labute approximate surface area is 147 Å². The highest BCUT2D eigenvalue weighted by molar-refractivity contribution is 7.13. The van der Waals surface area contributed by atoms with Crippen molar-refractivity contribution in [2.45, 2.75) is 26.3 Å². The quantitative estimate of drug-likeness (QED) is 0.736. The van der Waals surface area contributed by atoms with Crippen molar-refractivity contribution in [3.63, 3.8) is 0 Å². The largest absolute Gasteiger partial charge is 0.467 e. The van der Waals surface area contributed by atoms with Crippen LogP contribution < -0.4 is 10.2 Å². The van der Waals surface area contributed by atoms with Gasteiger partial charge >= 0.3 is 5.97 Å². The van der Waals surface area contributed by atoms with Gasteiger partial charge < -0.3 is 15.0 Å².